The van der Waals surface area contributed by atoms with Crippen LogP contribution in [-0.4, -0.2) is 11.3 Å². The second-order valence-electron chi connectivity index (χ2n) is 6.27. The van der Waals surface area contributed by atoms with E-state index >= 15 is 0 Å². The molecule has 2 nitrogen and oxygen atoms in total. The van der Waals surface area contributed by atoms with E-state index in [-0.39, 0.29) is 22.7 Å². The number of hydrogen-bond donors (Lipinski definition) is 1. The van der Waals surface area contributed by atoms with E-state index in [1.54, 1.807) is 6.92 Å². The van der Waals surface area contributed by atoms with E-state index in [2.05, 4.69) is 20.8 Å². The smallest absolute Gasteiger partial charge is 0.132 e. The lowest BCUT2D eigenvalue weighted by Crippen LogP contribution is -2.37. The van der Waals surface area contributed by atoms with Crippen molar-refractivity contribution in [2.24, 2.45) is 17.1 Å². The van der Waals surface area contributed by atoms with Gasteiger partial charge in [0.05, 0.1) is 0 Å². The number of ketones is 1. The zero-order valence-corrected chi connectivity index (χ0v) is 10.5. The first-order chi connectivity index (χ1) is 6.01. The van der Waals surface area contributed by atoms with E-state index in [9.17, 15) is 4.79 Å². The van der Waals surface area contributed by atoms with Crippen LogP contribution < -0.4 is 5.73 Å². The van der Waals surface area contributed by atoms with Crippen molar-refractivity contribution in [3.8, 4) is 0 Å². The lowest BCUT2D eigenvalue weighted by molar-refractivity contribution is -0.122. The molecule has 0 bridgehead atoms. The summed E-state index contributed by atoms with van der Waals surface area (Å²) >= 11 is 0. The highest BCUT2D eigenvalue weighted by molar-refractivity contribution is 5.78. The monoisotopic (exact) mass is 199 g/mol. The van der Waals surface area contributed by atoms with Gasteiger partial charge in [0.2, 0.25) is 0 Å². The molecular formula is C12H25NO. The molecule has 0 aromatic rings. The van der Waals surface area contributed by atoms with Crippen LogP contribution in [0.3, 0.4) is 0 Å². The topological polar surface area (TPSA) is 43.1 Å². The Balaban J connectivity index is 4.40. The van der Waals surface area contributed by atoms with Gasteiger partial charge in [0.1, 0.15) is 5.78 Å². The molecule has 14 heavy (non-hydrogen) atoms. The van der Waals surface area contributed by atoms with Crippen molar-refractivity contribution in [3.05, 3.63) is 0 Å². The quantitative estimate of drug-likeness (QED) is 0.756. The highest BCUT2D eigenvalue weighted by Gasteiger charge is 2.26. The Morgan fingerprint density at radius 3 is 1.79 bits per heavy atom. The Hall–Kier alpha value is -0.370. The SMILES string of the molecule is CC(=O)C(CC(C)(C)C)CC(C)(C)N. The van der Waals surface area contributed by atoms with Crippen LogP contribution in [-0.2, 0) is 4.79 Å². The third-order valence-electron chi connectivity index (χ3n) is 2.21. The summed E-state index contributed by atoms with van der Waals surface area (Å²) in [6, 6.07) is 0. The van der Waals surface area contributed by atoms with Crippen LogP contribution in [0.15, 0.2) is 0 Å². The molecule has 0 aromatic heterocycles. The average Bonchev–Trinajstić information content (AvgIpc) is 1.78. The summed E-state index contributed by atoms with van der Waals surface area (Å²) in [5.74, 6) is 0.369. The van der Waals surface area contributed by atoms with Crippen LogP contribution in [0.1, 0.15) is 54.4 Å². The van der Waals surface area contributed by atoms with Crippen molar-refractivity contribution in [1.82, 2.24) is 0 Å². The maximum atomic E-state index is 11.4. The Kier molecular flexibility index (Phi) is 4.32. The van der Waals surface area contributed by atoms with E-state index in [4.69, 9.17) is 5.73 Å². The molecule has 0 fully saturated rings. The first-order valence-corrected chi connectivity index (χ1v) is 5.31. The Morgan fingerprint density at radius 2 is 1.57 bits per heavy atom. The van der Waals surface area contributed by atoms with Crippen LogP contribution >= 0.6 is 0 Å². The Morgan fingerprint density at radius 1 is 1.14 bits per heavy atom. The lowest BCUT2D eigenvalue weighted by Gasteiger charge is -2.29. The second-order valence-corrected chi connectivity index (χ2v) is 6.27. The van der Waals surface area contributed by atoms with Crippen molar-refractivity contribution in [2.45, 2.75) is 59.9 Å². The minimum atomic E-state index is -0.248. The molecule has 2 N–H and O–H groups in total. The molecule has 0 heterocycles. The first kappa shape index (κ1) is 13.6. The van der Waals surface area contributed by atoms with E-state index in [1.807, 2.05) is 13.8 Å². The maximum absolute atomic E-state index is 11.4. The second kappa shape index (κ2) is 4.43. The van der Waals surface area contributed by atoms with Crippen molar-refractivity contribution < 1.29 is 4.79 Å². The number of hydrogen-bond acceptors (Lipinski definition) is 2. The first-order valence-electron chi connectivity index (χ1n) is 5.31. The predicted octanol–water partition coefficient (Wildman–Crippen LogP) is 2.76. The summed E-state index contributed by atoms with van der Waals surface area (Å²) in [6.45, 7) is 12.1. The number of carbonyl (C=O) groups is 1. The fourth-order valence-electron chi connectivity index (χ4n) is 1.73. The van der Waals surface area contributed by atoms with E-state index in [1.165, 1.54) is 0 Å². The minimum Gasteiger partial charge on any atom is -0.326 e. The number of carbonyl (C=O) groups excluding carboxylic acids is 1. The van der Waals surface area contributed by atoms with E-state index in [0.29, 0.717) is 0 Å². The van der Waals surface area contributed by atoms with Gasteiger partial charge in [-0.1, -0.05) is 20.8 Å². The van der Waals surface area contributed by atoms with Gasteiger partial charge in [0, 0.05) is 11.5 Å². The minimum absolute atomic E-state index is 0.106. The average molecular weight is 199 g/mol. The third kappa shape index (κ3) is 7.07. The maximum Gasteiger partial charge on any atom is 0.132 e. The molecule has 1 unspecified atom stereocenters. The zero-order valence-electron chi connectivity index (χ0n) is 10.5. The number of rotatable bonds is 4. The highest BCUT2D eigenvalue weighted by Crippen LogP contribution is 2.29. The zero-order chi connectivity index (χ0) is 11.6. The highest BCUT2D eigenvalue weighted by atomic mass is 16.1. The molecule has 0 aliphatic carbocycles. The fourth-order valence-corrected chi connectivity index (χ4v) is 1.73. The lowest BCUT2D eigenvalue weighted by atomic mass is 9.78. The molecule has 0 aliphatic heterocycles. The van der Waals surface area contributed by atoms with Gasteiger partial charge < -0.3 is 5.73 Å². The molecule has 0 saturated carbocycles. The summed E-state index contributed by atoms with van der Waals surface area (Å²) in [5, 5.41) is 0. The Labute approximate surface area is 88.3 Å². The molecule has 84 valence electrons. The molecule has 0 spiro atoms. The van der Waals surface area contributed by atoms with Gasteiger partial charge in [-0.2, -0.15) is 0 Å². The number of Topliss-reactive ketones (excluding diaryl/α,β-unsaturated/α-hetero) is 1. The van der Waals surface area contributed by atoms with Crippen molar-refractivity contribution >= 4 is 5.78 Å². The molecular weight excluding hydrogens is 174 g/mol. The largest absolute Gasteiger partial charge is 0.326 e. The third-order valence-corrected chi connectivity index (χ3v) is 2.21. The molecule has 0 amide bonds. The van der Waals surface area contributed by atoms with Gasteiger partial charge in [0.15, 0.2) is 0 Å². The standard InChI is InChI=1S/C12H25NO/c1-9(14)10(7-11(2,3)4)8-12(5,6)13/h10H,7-8,13H2,1-6H3. The van der Waals surface area contributed by atoms with Crippen molar-refractivity contribution in [1.29, 1.82) is 0 Å². The summed E-state index contributed by atoms with van der Waals surface area (Å²) in [4.78, 5) is 11.4. The van der Waals surface area contributed by atoms with Gasteiger partial charge in [-0.25, -0.2) is 0 Å². The molecule has 0 saturated heterocycles. The molecule has 0 rings (SSSR count). The molecule has 0 aromatic carbocycles. The summed E-state index contributed by atoms with van der Waals surface area (Å²) in [6.07, 6.45) is 1.70. The predicted molar refractivity (Wildman–Crippen MR) is 61.1 cm³/mol. The molecule has 0 radical (unpaired) electrons. The van der Waals surface area contributed by atoms with Gasteiger partial charge in [0.25, 0.3) is 0 Å². The van der Waals surface area contributed by atoms with Crippen LogP contribution in [0, 0.1) is 11.3 Å². The van der Waals surface area contributed by atoms with Crippen LogP contribution in [0.4, 0.5) is 0 Å². The van der Waals surface area contributed by atoms with Crippen molar-refractivity contribution in [3.63, 3.8) is 0 Å². The Bertz CT molecular complexity index is 179. The molecule has 2 heteroatoms. The van der Waals surface area contributed by atoms with Gasteiger partial charge >= 0.3 is 0 Å². The van der Waals surface area contributed by atoms with Crippen LogP contribution in [0.2, 0.25) is 0 Å². The normalized spacial score (nSPS) is 15.4. The van der Waals surface area contributed by atoms with Gasteiger partial charge in [-0.15, -0.1) is 0 Å². The van der Waals surface area contributed by atoms with E-state index in [0.717, 1.165) is 12.8 Å². The number of nitrogens with two attached hydrogens (primary N) is 1. The molecule has 1 atom stereocenters. The van der Waals surface area contributed by atoms with Crippen molar-refractivity contribution in [2.75, 3.05) is 0 Å². The van der Waals surface area contributed by atoms with Gasteiger partial charge in [-0.05, 0) is 39.0 Å². The summed E-state index contributed by atoms with van der Waals surface area (Å²) in [5.41, 5.74) is 5.89. The summed E-state index contributed by atoms with van der Waals surface area (Å²) < 4.78 is 0. The van der Waals surface area contributed by atoms with Gasteiger partial charge in [-0.3, -0.25) is 4.79 Å². The molecule has 0 aliphatic rings. The fraction of sp³-hybridized carbons (Fsp3) is 0.917. The van der Waals surface area contributed by atoms with Crippen LogP contribution in [0.5, 0.6) is 0 Å². The van der Waals surface area contributed by atoms with E-state index < -0.39 is 0 Å². The summed E-state index contributed by atoms with van der Waals surface area (Å²) in [7, 11) is 0. The van der Waals surface area contributed by atoms with Crippen LogP contribution in [0.25, 0.3) is 0 Å².